The fraction of sp³-hybridized carbons (Fsp3) is 0.455. The van der Waals surface area contributed by atoms with E-state index in [2.05, 4.69) is 0 Å². The van der Waals surface area contributed by atoms with E-state index in [4.69, 9.17) is 9.15 Å². The van der Waals surface area contributed by atoms with Gasteiger partial charge in [-0.15, -0.1) is 0 Å². The summed E-state index contributed by atoms with van der Waals surface area (Å²) in [7, 11) is 0. The summed E-state index contributed by atoms with van der Waals surface area (Å²) < 4.78 is 9.68. The van der Waals surface area contributed by atoms with Gasteiger partial charge in [-0.25, -0.2) is 0 Å². The molecule has 82 valence electrons. The van der Waals surface area contributed by atoms with Crippen molar-refractivity contribution < 1.29 is 13.9 Å². The molecule has 1 aromatic rings. The van der Waals surface area contributed by atoms with Crippen molar-refractivity contribution in [3.8, 4) is 5.75 Å². The van der Waals surface area contributed by atoms with Gasteiger partial charge in [0, 0.05) is 6.07 Å². The minimum Gasteiger partial charge on any atom is -0.468 e. The Morgan fingerprint density at radius 1 is 1.40 bits per heavy atom. The Morgan fingerprint density at radius 2 is 2.07 bits per heavy atom. The summed E-state index contributed by atoms with van der Waals surface area (Å²) in [5.74, 6) is -0.545. The molecule has 15 heavy (non-hydrogen) atoms. The Hall–Kier alpha value is -1.58. The van der Waals surface area contributed by atoms with Crippen molar-refractivity contribution in [2.45, 2.75) is 20.8 Å². The van der Waals surface area contributed by atoms with Crippen LogP contribution < -0.4 is 10.2 Å². The number of esters is 1. The lowest BCUT2D eigenvalue weighted by Crippen LogP contribution is -2.24. The van der Waals surface area contributed by atoms with Crippen LogP contribution in [-0.4, -0.2) is 5.97 Å². The third kappa shape index (κ3) is 2.94. The average Bonchev–Trinajstić information content (AvgIpc) is 2.20. The van der Waals surface area contributed by atoms with Gasteiger partial charge in [0.2, 0.25) is 11.2 Å². The largest absolute Gasteiger partial charge is 0.468 e. The molecule has 1 heterocycles. The van der Waals surface area contributed by atoms with Crippen LogP contribution in [0, 0.1) is 11.8 Å². The SMILES string of the molecule is CC(C)C(C)C(=O)Oc1coccc1=O. The summed E-state index contributed by atoms with van der Waals surface area (Å²) in [4.78, 5) is 22.7. The van der Waals surface area contributed by atoms with E-state index < -0.39 is 5.97 Å². The lowest BCUT2D eigenvalue weighted by atomic mass is 9.99. The second-order valence-corrected chi connectivity index (χ2v) is 3.74. The number of hydrogen-bond acceptors (Lipinski definition) is 4. The molecule has 4 heteroatoms. The molecular weight excluding hydrogens is 196 g/mol. The second-order valence-electron chi connectivity index (χ2n) is 3.74. The molecule has 1 aromatic heterocycles. The number of carbonyl (C=O) groups is 1. The molecule has 0 fully saturated rings. The average molecular weight is 210 g/mol. The van der Waals surface area contributed by atoms with Crippen LogP contribution in [0.5, 0.6) is 5.75 Å². The van der Waals surface area contributed by atoms with Crippen molar-refractivity contribution in [2.24, 2.45) is 11.8 Å². The van der Waals surface area contributed by atoms with Gasteiger partial charge in [-0.1, -0.05) is 20.8 Å². The molecule has 0 aliphatic carbocycles. The Morgan fingerprint density at radius 3 is 2.60 bits per heavy atom. The van der Waals surface area contributed by atoms with E-state index in [0.29, 0.717) is 0 Å². The van der Waals surface area contributed by atoms with Crippen LogP contribution in [0.15, 0.2) is 27.8 Å². The highest BCUT2D eigenvalue weighted by molar-refractivity contribution is 5.74. The normalized spacial score (nSPS) is 12.5. The number of hydrogen-bond donors (Lipinski definition) is 0. The maximum absolute atomic E-state index is 11.5. The zero-order chi connectivity index (χ0) is 11.4. The van der Waals surface area contributed by atoms with Crippen LogP contribution in [0.1, 0.15) is 20.8 Å². The summed E-state index contributed by atoms with van der Waals surface area (Å²) in [6.07, 6.45) is 2.37. The maximum Gasteiger partial charge on any atom is 0.314 e. The molecule has 0 radical (unpaired) electrons. The van der Waals surface area contributed by atoms with Crippen LogP contribution in [0.3, 0.4) is 0 Å². The second kappa shape index (κ2) is 4.77. The lowest BCUT2D eigenvalue weighted by Gasteiger charge is -2.13. The summed E-state index contributed by atoms with van der Waals surface area (Å²) in [5, 5.41) is 0. The highest BCUT2D eigenvalue weighted by atomic mass is 16.5. The van der Waals surface area contributed by atoms with Crippen molar-refractivity contribution >= 4 is 5.97 Å². The summed E-state index contributed by atoms with van der Waals surface area (Å²) >= 11 is 0. The predicted molar refractivity (Wildman–Crippen MR) is 54.6 cm³/mol. The Labute approximate surface area is 87.9 Å². The van der Waals surface area contributed by atoms with Gasteiger partial charge in [0.1, 0.15) is 6.26 Å². The van der Waals surface area contributed by atoms with Gasteiger partial charge in [-0.05, 0) is 5.92 Å². The molecule has 0 bridgehead atoms. The molecule has 0 aliphatic heterocycles. The van der Waals surface area contributed by atoms with E-state index in [-0.39, 0.29) is 23.0 Å². The van der Waals surface area contributed by atoms with Gasteiger partial charge in [-0.2, -0.15) is 0 Å². The van der Waals surface area contributed by atoms with E-state index in [1.165, 1.54) is 12.3 Å². The maximum atomic E-state index is 11.5. The number of rotatable bonds is 3. The van der Waals surface area contributed by atoms with Gasteiger partial charge in [0.05, 0.1) is 12.2 Å². The van der Waals surface area contributed by atoms with Crippen molar-refractivity contribution in [1.29, 1.82) is 0 Å². The monoisotopic (exact) mass is 210 g/mol. The molecule has 0 saturated heterocycles. The topological polar surface area (TPSA) is 56.5 Å². The molecule has 0 spiro atoms. The quantitative estimate of drug-likeness (QED) is 0.714. The van der Waals surface area contributed by atoms with E-state index in [9.17, 15) is 9.59 Å². The zero-order valence-corrected chi connectivity index (χ0v) is 9.02. The Kier molecular flexibility index (Phi) is 3.66. The summed E-state index contributed by atoms with van der Waals surface area (Å²) in [6.45, 7) is 5.59. The van der Waals surface area contributed by atoms with E-state index in [1.54, 1.807) is 6.92 Å². The highest BCUT2D eigenvalue weighted by Crippen LogP contribution is 2.13. The number of carbonyl (C=O) groups excluding carboxylic acids is 1. The van der Waals surface area contributed by atoms with E-state index in [0.717, 1.165) is 6.26 Å². The van der Waals surface area contributed by atoms with Gasteiger partial charge in [-0.3, -0.25) is 9.59 Å². The Bertz CT molecular complexity index is 392. The first kappa shape index (κ1) is 11.5. The summed E-state index contributed by atoms with van der Waals surface area (Å²) in [6, 6.07) is 1.21. The van der Waals surface area contributed by atoms with Gasteiger partial charge < -0.3 is 9.15 Å². The van der Waals surface area contributed by atoms with E-state index >= 15 is 0 Å². The molecule has 0 amide bonds. The van der Waals surface area contributed by atoms with Crippen LogP contribution in [0.25, 0.3) is 0 Å². The van der Waals surface area contributed by atoms with Crippen LogP contribution >= 0.6 is 0 Å². The molecule has 0 N–H and O–H groups in total. The zero-order valence-electron chi connectivity index (χ0n) is 9.02. The van der Waals surface area contributed by atoms with Crippen molar-refractivity contribution in [3.05, 3.63) is 28.8 Å². The van der Waals surface area contributed by atoms with Crippen molar-refractivity contribution in [3.63, 3.8) is 0 Å². The van der Waals surface area contributed by atoms with Crippen LogP contribution in [-0.2, 0) is 4.79 Å². The van der Waals surface area contributed by atoms with E-state index in [1.807, 2.05) is 13.8 Å². The summed E-state index contributed by atoms with van der Waals surface area (Å²) in [5.41, 5.74) is -0.356. The fourth-order valence-corrected chi connectivity index (χ4v) is 0.890. The minimum absolute atomic E-state index is 0.0602. The third-order valence-corrected chi connectivity index (χ3v) is 2.30. The third-order valence-electron chi connectivity index (χ3n) is 2.30. The molecule has 0 aromatic carbocycles. The lowest BCUT2D eigenvalue weighted by molar-refractivity contribution is -0.139. The Balaban J connectivity index is 2.75. The number of ether oxygens (including phenoxy) is 1. The molecule has 1 unspecified atom stereocenters. The van der Waals surface area contributed by atoms with Crippen LogP contribution in [0.2, 0.25) is 0 Å². The standard InChI is InChI=1S/C11H14O4/c1-7(2)8(3)11(13)15-10-6-14-5-4-9(10)12/h4-8H,1-3H3. The minimum atomic E-state index is -0.413. The molecule has 1 atom stereocenters. The van der Waals surface area contributed by atoms with Crippen LogP contribution in [0.4, 0.5) is 0 Å². The molecule has 1 rings (SSSR count). The first-order valence-electron chi connectivity index (χ1n) is 4.80. The van der Waals surface area contributed by atoms with Crippen molar-refractivity contribution in [1.82, 2.24) is 0 Å². The first-order chi connectivity index (χ1) is 7.02. The molecule has 0 aliphatic rings. The fourth-order valence-electron chi connectivity index (χ4n) is 0.890. The smallest absolute Gasteiger partial charge is 0.314 e. The van der Waals surface area contributed by atoms with Crippen molar-refractivity contribution in [2.75, 3.05) is 0 Å². The molecular formula is C11H14O4. The highest BCUT2D eigenvalue weighted by Gasteiger charge is 2.19. The predicted octanol–water partition coefficient (Wildman–Crippen LogP) is 1.84. The first-order valence-corrected chi connectivity index (χ1v) is 4.80. The molecule has 4 nitrogen and oxygen atoms in total. The van der Waals surface area contributed by atoms with Gasteiger partial charge in [0.25, 0.3) is 0 Å². The molecule has 0 saturated carbocycles. The van der Waals surface area contributed by atoms with Gasteiger partial charge in [0.15, 0.2) is 0 Å². The van der Waals surface area contributed by atoms with Gasteiger partial charge >= 0.3 is 5.97 Å².